The second-order valence-corrected chi connectivity index (χ2v) is 15.7. The van der Waals surface area contributed by atoms with E-state index in [1.165, 1.54) is 55.3 Å². The smallest absolute Gasteiger partial charge is 0.0541 e. The van der Waals surface area contributed by atoms with Crippen molar-refractivity contribution in [2.75, 3.05) is 9.80 Å². The first-order valence-corrected chi connectivity index (χ1v) is 20.7. The first-order valence-electron chi connectivity index (χ1n) is 20.7. The van der Waals surface area contributed by atoms with Crippen LogP contribution < -0.4 is 9.80 Å². The lowest BCUT2D eigenvalue weighted by Gasteiger charge is -2.30. The normalized spacial score (nSPS) is 11.2. The summed E-state index contributed by atoms with van der Waals surface area (Å²) in [5.74, 6) is 0. The van der Waals surface area contributed by atoms with Crippen molar-refractivity contribution in [2.45, 2.75) is 20.8 Å². The summed E-state index contributed by atoms with van der Waals surface area (Å²) < 4.78 is 2.37. The maximum atomic E-state index is 2.37. The molecule has 1 heterocycles. The first kappa shape index (κ1) is 36.7. The molecule has 0 N–H and O–H groups in total. The third kappa shape index (κ3) is 7.01. The summed E-state index contributed by atoms with van der Waals surface area (Å²) in [5, 5.41) is 2.50. The van der Waals surface area contributed by atoms with Crippen LogP contribution >= 0.6 is 0 Å². The quantitative estimate of drug-likeness (QED) is 0.145. The highest BCUT2D eigenvalue weighted by molar-refractivity contribution is 6.10. The summed E-state index contributed by atoms with van der Waals surface area (Å²) in [6.45, 7) is 6.42. The van der Waals surface area contributed by atoms with Gasteiger partial charge in [-0.3, -0.25) is 0 Å². The van der Waals surface area contributed by atoms with Gasteiger partial charge in [-0.2, -0.15) is 0 Å². The third-order valence-corrected chi connectivity index (χ3v) is 11.5. The number of para-hydroxylation sites is 3. The van der Waals surface area contributed by atoms with Crippen LogP contribution in [0.1, 0.15) is 16.7 Å². The minimum absolute atomic E-state index is 1.08. The monoisotopic (exact) mass is 771 g/mol. The maximum absolute atomic E-state index is 2.37. The molecule has 0 fully saturated rings. The van der Waals surface area contributed by atoms with Crippen LogP contribution in [0.15, 0.2) is 218 Å². The summed E-state index contributed by atoms with van der Waals surface area (Å²) in [7, 11) is 0. The van der Waals surface area contributed by atoms with Gasteiger partial charge in [-0.1, -0.05) is 138 Å². The molecule has 0 aliphatic rings. The van der Waals surface area contributed by atoms with Gasteiger partial charge in [0.1, 0.15) is 0 Å². The number of benzene rings is 9. The summed E-state index contributed by atoms with van der Waals surface area (Å²) in [5.41, 5.74) is 18.5. The molecule has 0 amide bonds. The molecular formula is C57H45N3. The van der Waals surface area contributed by atoms with Crippen LogP contribution in [-0.2, 0) is 0 Å². The second-order valence-electron chi connectivity index (χ2n) is 15.7. The maximum Gasteiger partial charge on any atom is 0.0541 e. The number of aryl methyl sites for hydroxylation is 3. The predicted molar refractivity (Wildman–Crippen MR) is 255 cm³/mol. The zero-order valence-electron chi connectivity index (χ0n) is 34.1. The molecule has 60 heavy (non-hydrogen) atoms. The lowest BCUT2D eigenvalue weighted by Crippen LogP contribution is -2.13. The van der Waals surface area contributed by atoms with Gasteiger partial charge in [-0.25, -0.2) is 0 Å². The van der Waals surface area contributed by atoms with E-state index in [2.05, 4.69) is 254 Å². The Morgan fingerprint density at radius 1 is 0.283 bits per heavy atom. The highest BCUT2D eigenvalue weighted by atomic mass is 15.2. The van der Waals surface area contributed by atoms with Crippen LogP contribution in [0.25, 0.3) is 49.7 Å². The van der Waals surface area contributed by atoms with Gasteiger partial charge >= 0.3 is 0 Å². The Balaban J connectivity index is 1.12. The average molecular weight is 772 g/mol. The molecule has 0 spiro atoms. The van der Waals surface area contributed by atoms with Crippen LogP contribution in [0.5, 0.6) is 0 Å². The molecule has 288 valence electrons. The number of hydrogen-bond acceptors (Lipinski definition) is 2. The van der Waals surface area contributed by atoms with Crippen LogP contribution in [0.3, 0.4) is 0 Å². The van der Waals surface area contributed by atoms with Crippen molar-refractivity contribution in [3.63, 3.8) is 0 Å². The molecular weight excluding hydrogens is 727 g/mol. The fourth-order valence-corrected chi connectivity index (χ4v) is 8.44. The van der Waals surface area contributed by atoms with E-state index >= 15 is 0 Å². The summed E-state index contributed by atoms with van der Waals surface area (Å²) in [6.07, 6.45) is 0. The Morgan fingerprint density at radius 2 is 0.700 bits per heavy atom. The van der Waals surface area contributed by atoms with Crippen molar-refractivity contribution in [1.29, 1.82) is 0 Å². The first-order chi connectivity index (χ1) is 29.5. The van der Waals surface area contributed by atoms with Gasteiger partial charge in [0, 0.05) is 50.6 Å². The molecule has 0 unspecified atom stereocenters. The minimum atomic E-state index is 1.08. The molecule has 0 saturated heterocycles. The van der Waals surface area contributed by atoms with E-state index in [-0.39, 0.29) is 0 Å². The lowest BCUT2D eigenvalue weighted by molar-refractivity contribution is 1.18. The highest BCUT2D eigenvalue weighted by Gasteiger charge is 2.20. The van der Waals surface area contributed by atoms with Gasteiger partial charge < -0.3 is 14.4 Å². The van der Waals surface area contributed by atoms with Gasteiger partial charge in [-0.05, 0) is 140 Å². The number of fused-ring (bicyclic) bond motifs is 3. The third-order valence-electron chi connectivity index (χ3n) is 11.5. The largest absolute Gasteiger partial charge is 0.310 e. The summed E-state index contributed by atoms with van der Waals surface area (Å²) >= 11 is 0. The Kier molecular flexibility index (Phi) is 9.55. The standard InChI is InChI=1S/C57H45N3/c1-40-18-29-49(30-19-40)58(47-12-6-4-7-13-47)52-36-46(37-53(39-52)59(50-31-20-41(2)21-32-50)51-33-22-42(3)23-34-51)44-26-24-43(25-27-44)45-28-35-57-55(38-45)54-16-10-11-17-56(54)60(57)48-14-8-5-9-15-48/h4-39H,1-3H3. The predicted octanol–water partition coefficient (Wildman–Crippen LogP) is 16.0. The van der Waals surface area contributed by atoms with E-state index in [1.54, 1.807) is 0 Å². The van der Waals surface area contributed by atoms with Crippen LogP contribution in [0.2, 0.25) is 0 Å². The van der Waals surface area contributed by atoms with Crippen molar-refractivity contribution >= 4 is 55.9 Å². The van der Waals surface area contributed by atoms with Gasteiger partial charge in [0.25, 0.3) is 0 Å². The van der Waals surface area contributed by atoms with Crippen molar-refractivity contribution in [3.8, 4) is 27.9 Å². The minimum Gasteiger partial charge on any atom is -0.310 e. The second kappa shape index (κ2) is 15.6. The van der Waals surface area contributed by atoms with E-state index in [0.29, 0.717) is 0 Å². The molecule has 3 heteroatoms. The SMILES string of the molecule is Cc1ccc(N(c2ccccc2)c2cc(-c3ccc(-c4ccc5c(c4)c4ccccc4n5-c4ccccc4)cc3)cc(N(c3ccc(C)cc3)c3ccc(C)cc3)c2)cc1. The Bertz CT molecular complexity index is 3030. The molecule has 9 aromatic carbocycles. The molecule has 0 aliphatic heterocycles. The van der Waals surface area contributed by atoms with E-state index in [1.807, 2.05) is 0 Å². The van der Waals surface area contributed by atoms with Crippen molar-refractivity contribution < 1.29 is 0 Å². The Labute approximate surface area is 352 Å². The number of hydrogen-bond donors (Lipinski definition) is 0. The average Bonchev–Trinajstić information content (AvgIpc) is 3.63. The number of anilines is 6. The van der Waals surface area contributed by atoms with Gasteiger partial charge in [0.05, 0.1) is 11.0 Å². The zero-order valence-corrected chi connectivity index (χ0v) is 34.1. The van der Waals surface area contributed by atoms with E-state index in [9.17, 15) is 0 Å². The van der Waals surface area contributed by atoms with Gasteiger partial charge in [0.15, 0.2) is 0 Å². The van der Waals surface area contributed by atoms with Crippen molar-refractivity contribution in [1.82, 2.24) is 4.57 Å². The lowest BCUT2D eigenvalue weighted by atomic mass is 9.97. The topological polar surface area (TPSA) is 11.4 Å². The van der Waals surface area contributed by atoms with Crippen molar-refractivity contribution in [3.05, 3.63) is 235 Å². The number of nitrogens with zero attached hydrogens (tertiary/aromatic N) is 3. The molecule has 0 aliphatic carbocycles. The Hall–Kier alpha value is -7.62. The Morgan fingerprint density at radius 3 is 1.23 bits per heavy atom. The van der Waals surface area contributed by atoms with Gasteiger partial charge in [0.2, 0.25) is 0 Å². The molecule has 0 atom stereocenters. The summed E-state index contributed by atoms with van der Waals surface area (Å²) in [6, 6.07) is 79.5. The molecule has 0 radical (unpaired) electrons. The molecule has 10 aromatic rings. The van der Waals surface area contributed by atoms with Gasteiger partial charge in [-0.15, -0.1) is 0 Å². The molecule has 1 aromatic heterocycles. The van der Waals surface area contributed by atoms with Crippen LogP contribution in [0, 0.1) is 20.8 Å². The molecule has 0 bridgehead atoms. The fourth-order valence-electron chi connectivity index (χ4n) is 8.44. The fraction of sp³-hybridized carbons (Fsp3) is 0.0526. The summed E-state index contributed by atoms with van der Waals surface area (Å²) in [4.78, 5) is 4.74. The number of rotatable bonds is 9. The van der Waals surface area contributed by atoms with Crippen LogP contribution in [-0.4, -0.2) is 4.57 Å². The van der Waals surface area contributed by atoms with E-state index in [4.69, 9.17) is 0 Å². The zero-order chi connectivity index (χ0) is 40.6. The number of aromatic nitrogens is 1. The van der Waals surface area contributed by atoms with Crippen LogP contribution in [0.4, 0.5) is 34.1 Å². The highest BCUT2D eigenvalue weighted by Crippen LogP contribution is 2.44. The molecule has 3 nitrogen and oxygen atoms in total. The van der Waals surface area contributed by atoms with Crippen molar-refractivity contribution in [2.24, 2.45) is 0 Å². The molecule has 0 saturated carbocycles. The molecule has 10 rings (SSSR count). The van der Waals surface area contributed by atoms with E-state index < -0.39 is 0 Å². The van der Waals surface area contributed by atoms with E-state index in [0.717, 1.165) is 45.3 Å².